The molecular weight excluding hydrogens is 248 g/mol. The van der Waals surface area contributed by atoms with E-state index in [4.69, 9.17) is 0 Å². The summed E-state index contributed by atoms with van der Waals surface area (Å²) in [7, 11) is 0. The third-order valence-corrected chi connectivity index (χ3v) is 3.98. The number of anilines is 1. The molecule has 1 saturated heterocycles. The number of nitrogens with one attached hydrogen (secondary N) is 1. The van der Waals surface area contributed by atoms with Gasteiger partial charge in [-0.05, 0) is 31.0 Å². The maximum Gasteiger partial charge on any atom is 0.244 e. The Morgan fingerprint density at radius 1 is 1.44 bits per heavy atom. The van der Waals surface area contributed by atoms with E-state index in [-0.39, 0.29) is 18.4 Å². The fraction of sp³-hybridized carbons (Fsp3) is 0.385. The topological polar surface area (TPSA) is 49.4 Å². The lowest BCUT2D eigenvalue weighted by Crippen LogP contribution is -2.34. The summed E-state index contributed by atoms with van der Waals surface area (Å²) in [6.45, 7) is 4.12. The highest BCUT2D eigenvalue weighted by Gasteiger charge is 2.22. The van der Waals surface area contributed by atoms with E-state index in [1.807, 2.05) is 32.0 Å². The molecule has 0 bridgehead atoms. The summed E-state index contributed by atoms with van der Waals surface area (Å²) in [4.78, 5) is 24.8. The molecule has 96 valence electrons. The van der Waals surface area contributed by atoms with Gasteiger partial charge >= 0.3 is 0 Å². The molecule has 1 aromatic rings. The molecule has 0 saturated carbocycles. The van der Waals surface area contributed by atoms with Crippen LogP contribution in [-0.4, -0.2) is 34.9 Å². The number of carbonyl (C=O) groups excluding carboxylic acids is 2. The van der Waals surface area contributed by atoms with Crippen LogP contribution in [0.1, 0.15) is 11.1 Å². The fourth-order valence-corrected chi connectivity index (χ4v) is 2.69. The lowest BCUT2D eigenvalue weighted by Gasteiger charge is -2.15. The van der Waals surface area contributed by atoms with Crippen molar-refractivity contribution in [2.45, 2.75) is 13.8 Å². The van der Waals surface area contributed by atoms with Crippen molar-refractivity contribution in [2.75, 3.05) is 23.5 Å². The van der Waals surface area contributed by atoms with E-state index in [2.05, 4.69) is 5.32 Å². The molecule has 1 fully saturated rings. The average molecular weight is 264 g/mol. The molecule has 1 aliphatic rings. The summed E-state index contributed by atoms with van der Waals surface area (Å²) in [5.41, 5.74) is 3.02. The zero-order valence-electron chi connectivity index (χ0n) is 10.5. The lowest BCUT2D eigenvalue weighted by atomic mass is 10.1. The van der Waals surface area contributed by atoms with E-state index in [0.717, 1.165) is 16.8 Å². The first-order chi connectivity index (χ1) is 8.58. The van der Waals surface area contributed by atoms with Gasteiger partial charge in [-0.1, -0.05) is 12.1 Å². The van der Waals surface area contributed by atoms with E-state index in [1.165, 1.54) is 0 Å². The predicted molar refractivity (Wildman–Crippen MR) is 73.6 cm³/mol. The van der Waals surface area contributed by atoms with Crippen LogP contribution in [0.25, 0.3) is 0 Å². The molecule has 1 heterocycles. The molecule has 2 rings (SSSR count). The second-order valence-corrected chi connectivity index (χ2v) is 5.32. The lowest BCUT2D eigenvalue weighted by molar-refractivity contribution is -0.130. The Bertz CT molecular complexity index is 488. The van der Waals surface area contributed by atoms with Crippen molar-refractivity contribution in [3.63, 3.8) is 0 Å². The molecule has 0 aromatic heterocycles. The number of amides is 2. The SMILES string of the molecule is Cc1cccc(NC(=O)CN2CSCC2=O)c1C. The molecule has 0 unspecified atom stereocenters. The zero-order valence-corrected chi connectivity index (χ0v) is 11.3. The van der Waals surface area contributed by atoms with Gasteiger partial charge in [-0.25, -0.2) is 0 Å². The maximum atomic E-state index is 11.9. The first-order valence-electron chi connectivity index (χ1n) is 5.79. The highest BCUT2D eigenvalue weighted by atomic mass is 32.2. The summed E-state index contributed by atoms with van der Waals surface area (Å²) in [5, 5.41) is 2.86. The van der Waals surface area contributed by atoms with Crippen molar-refractivity contribution in [1.29, 1.82) is 0 Å². The summed E-state index contributed by atoms with van der Waals surface area (Å²) in [5.74, 6) is 0.992. The molecule has 1 aliphatic heterocycles. The van der Waals surface area contributed by atoms with E-state index in [0.29, 0.717) is 11.6 Å². The van der Waals surface area contributed by atoms with Crippen molar-refractivity contribution in [2.24, 2.45) is 0 Å². The Hall–Kier alpha value is -1.49. The van der Waals surface area contributed by atoms with Gasteiger partial charge in [0.15, 0.2) is 0 Å². The van der Waals surface area contributed by atoms with Crippen LogP contribution in [0.15, 0.2) is 18.2 Å². The standard InChI is InChI=1S/C13H16N2O2S/c1-9-4-3-5-11(10(9)2)14-12(16)6-15-8-18-7-13(15)17/h3-5H,6-8H2,1-2H3,(H,14,16). The number of aryl methyl sites for hydroxylation is 1. The van der Waals surface area contributed by atoms with Gasteiger partial charge in [0.1, 0.15) is 6.54 Å². The highest BCUT2D eigenvalue weighted by Crippen LogP contribution is 2.19. The molecular formula is C13H16N2O2S. The third kappa shape index (κ3) is 2.85. The number of thioether (sulfide) groups is 1. The minimum Gasteiger partial charge on any atom is -0.324 e. The van der Waals surface area contributed by atoms with Gasteiger partial charge < -0.3 is 10.2 Å². The first-order valence-corrected chi connectivity index (χ1v) is 6.95. The van der Waals surface area contributed by atoms with Crippen LogP contribution in [0.5, 0.6) is 0 Å². The molecule has 0 aliphatic carbocycles. The van der Waals surface area contributed by atoms with Crippen LogP contribution in [-0.2, 0) is 9.59 Å². The summed E-state index contributed by atoms with van der Waals surface area (Å²) in [6.07, 6.45) is 0. The van der Waals surface area contributed by atoms with Gasteiger partial charge in [-0.15, -0.1) is 11.8 Å². The van der Waals surface area contributed by atoms with E-state index in [9.17, 15) is 9.59 Å². The Kier molecular flexibility index (Phi) is 3.91. The molecule has 0 atom stereocenters. The fourth-order valence-electron chi connectivity index (χ4n) is 1.79. The number of rotatable bonds is 3. The van der Waals surface area contributed by atoms with Crippen LogP contribution in [0, 0.1) is 13.8 Å². The molecule has 5 heteroatoms. The Morgan fingerprint density at radius 2 is 2.22 bits per heavy atom. The molecule has 4 nitrogen and oxygen atoms in total. The molecule has 2 amide bonds. The quantitative estimate of drug-likeness (QED) is 0.905. The highest BCUT2D eigenvalue weighted by molar-refractivity contribution is 8.00. The number of carbonyl (C=O) groups is 2. The van der Waals surface area contributed by atoms with E-state index >= 15 is 0 Å². The Morgan fingerprint density at radius 3 is 2.89 bits per heavy atom. The predicted octanol–water partition coefficient (Wildman–Crippen LogP) is 1.77. The van der Waals surface area contributed by atoms with Crippen molar-refractivity contribution >= 4 is 29.3 Å². The first kappa shape index (κ1) is 13.0. The average Bonchev–Trinajstić information content (AvgIpc) is 2.71. The molecule has 18 heavy (non-hydrogen) atoms. The Balaban J connectivity index is 1.99. The second-order valence-electron chi connectivity index (χ2n) is 4.36. The van der Waals surface area contributed by atoms with Crippen molar-refractivity contribution in [3.05, 3.63) is 29.3 Å². The van der Waals surface area contributed by atoms with Gasteiger partial charge in [0.25, 0.3) is 0 Å². The van der Waals surface area contributed by atoms with Gasteiger partial charge in [0.2, 0.25) is 11.8 Å². The smallest absolute Gasteiger partial charge is 0.244 e. The van der Waals surface area contributed by atoms with Crippen LogP contribution < -0.4 is 5.32 Å². The van der Waals surface area contributed by atoms with Crippen LogP contribution in [0.3, 0.4) is 0 Å². The number of benzene rings is 1. The zero-order chi connectivity index (χ0) is 13.1. The molecule has 1 N–H and O–H groups in total. The summed E-state index contributed by atoms with van der Waals surface area (Å²) in [6, 6.07) is 5.79. The van der Waals surface area contributed by atoms with Crippen LogP contribution >= 0.6 is 11.8 Å². The largest absolute Gasteiger partial charge is 0.324 e. The van der Waals surface area contributed by atoms with Gasteiger partial charge in [-0.3, -0.25) is 9.59 Å². The van der Waals surface area contributed by atoms with Crippen molar-refractivity contribution in [1.82, 2.24) is 4.90 Å². The van der Waals surface area contributed by atoms with Gasteiger partial charge in [-0.2, -0.15) is 0 Å². The normalized spacial score (nSPS) is 15.0. The van der Waals surface area contributed by atoms with Crippen LogP contribution in [0.4, 0.5) is 5.69 Å². The molecule has 0 spiro atoms. The molecule has 0 radical (unpaired) electrons. The Labute approximate surface area is 111 Å². The molecule has 1 aromatic carbocycles. The van der Waals surface area contributed by atoms with E-state index < -0.39 is 0 Å². The van der Waals surface area contributed by atoms with Crippen LogP contribution in [0.2, 0.25) is 0 Å². The van der Waals surface area contributed by atoms with Crippen molar-refractivity contribution < 1.29 is 9.59 Å². The summed E-state index contributed by atoms with van der Waals surface area (Å²) >= 11 is 1.54. The number of hydrogen-bond acceptors (Lipinski definition) is 3. The minimum absolute atomic E-state index is 0.0381. The van der Waals surface area contributed by atoms with Crippen molar-refractivity contribution in [3.8, 4) is 0 Å². The van der Waals surface area contributed by atoms with Gasteiger partial charge in [0, 0.05) is 5.69 Å². The summed E-state index contributed by atoms with van der Waals surface area (Å²) < 4.78 is 0. The van der Waals surface area contributed by atoms with Gasteiger partial charge in [0.05, 0.1) is 11.6 Å². The monoisotopic (exact) mass is 264 g/mol. The number of nitrogens with zero attached hydrogens (tertiary/aromatic N) is 1. The third-order valence-electron chi connectivity index (χ3n) is 3.04. The second kappa shape index (κ2) is 5.44. The minimum atomic E-state index is -0.139. The maximum absolute atomic E-state index is 11.9. The van der Waals surface area contributed by atoms with E-state index in [1.54, 1.807) is 16.7 Å². The number of hydrogen-bond donors (Lipinski definition) is 1.